The summed E-state index contributed by atoms with van der Waals surface area (Å²) in [7, 11) is 2.06. The van der Waals surface area contributed by atoms with Crippen molar-refractivity contribution < 1.29 is 0 Å². The van der Waals surface area contributed by atoms with Crippen molar-refractivity contribution in [1.82, 2.24) is 14.5 Å². The summed E-state index contributed by atoms with van der Waals surface area (Å²) < 4.78 is 3.98. The highest BCUT2D eigenvalue weighted by atomic mass is 79.9. The van der Waals surface area contributed by atoms with Crippen LogP contribution in [0.4, 0.5) is 17.5 Å². The summed E-state index contributed by atoms with van der Waals surface area (Å²) in [4.78, 5) is 8.92. The standard InChI is InChI=1S/C23H18BrN5/c1-28-12-11-17-13-15(8-10-21(17)28)16-7-9-20-19(14-16)22(27-23(25)26-20)29(24)18-5-3-2-4-6-18/h2-14H,1H3,(H2,25,26,27). The Morgan fingerprint density at radius 2 is 1.66 bits per heavy atom. The summed E-state index contributed by atoms with van der Waals surface area (Å²) in [6.07, 6.45) is 2.08. The minimum atomic E-state index is 0.242. The predicted octanol–water partition coefficient (Wildman–Crippen LogP) is 5.82. The molecule has 3 aromatic carbocycles. The Bertz CT molecular complexity index is 1340. The summed E-state index contributed by atoms with van der Waals surface area (Å²) in [6, 6.07) is 24.8. The molecule has 0 radical (unpaired) electrons. The molecule has 5 aromatic rings. The van der Waals surface area contributed by atoms with Crippen molar-refractivity contribution in [3.8, 4) is 11.1 Å². The molecular weight excluding hydrogens is 426 g/mol. The Morgan fingerprint density at radius 1 is 0.897 bits per heavy atom. The minimum Gasteiger partial charge on any atom is -0.368 e. The van der Waals surface area contributed by atoms with Gasteiger partial charge in [-0.05, 0) is 53.6 Å². The molecule has 0 fully saturated rings. The number of halogens is 1. The third-order valence-corrected chi connectivity index (χ3v) is 5.83. The van der Waals surface area contributed by atoms with Crippen LogP contribution in [0.5, 0.6) is 0 Å². The molecule has 0 saturated heterocycles. The van der Waals surface area contributed by atoms with Gasteiger partial charge in [0.1, 0.15) is 0 Å². The highest BCUT2D eigenvalue weighted by molar-refractivity contribution is 9.10. The second kappa shape index (κ2) is 6.90. The summed E-state index contributed by atoms with van der Waals surface area (Å²) in [5.41, 5.74) is 11.2. The molecule has 0 aliphatic carbocycles. The van der Waals surface area contributed by atoms with Crippen LogP contribution in [0.15, 0.2) is 79.0 Å². The molecule has 29 heavy (non-hydrogen) atoms. The molecular formula is C23H18BrN5. The number of nitrogens with zero attached hydrogens (tertiary/aromatic N) is 4. The number of hydrogen-bond donors (Lipinski definition) is 1. The van der Waals surface area contributed by atoms with E-state index in [0.717, 1.165) is 27.7 Å². The van der Waals surface area contributed by atoms with Crippen LogP contribution >= 0.6 is 16.1 Å². The Kier molecular flexibility index (Phi) is 4.21. The van der Waals surface area contributed by atoms with Gasteiger partial charge in [-0.3, -0.25) is 3.93 Å². The largest absolute Gasteiger partial charge is 0.368 e. The van der Waals surface area contributed by atoms with Gasteiger partial charge in [0.2, 0.25) is 5.95 Å². The zero-order chi connectivity index (χ0) is 20.0. The molecule has 2 aromatic heterocycles. The first-order chi connectivity index (χ1) is 14.1. The van der Waals surface area contributed by atoms with Crippen LogP contribution in [-0.4, -0.2) is 14.5 Å². The van der Waals surface area contributed by atoms with Crippen molar-refractivity contribution >= 4 is 55.4 Å². The highest BCUT2D eigenvalue weighted by Gasteiger charge is 2.15. The molecule has 0 bridgehead atoms. The second-order valence-corrected chi connectivity index (χ2v) is 7.66. The van der Waals surface area contributed by atoms with Gasteiger partial charge in [-0.1, -0.05) is 30.3 Å². The van der Waals surface area contributed by atoms with Crippen molar-refractivity contribution in [2.75, 3.05) is 9.66 Å². The first-order valence-corrected chi connectivity index (χ1v) is 9.95. The van der Waals surface area contributed by atoms with E-state index in [9.17, 15) is 0 Å². The van der Waals surface area contributed by atoms with Crippen molar-refractivity contribution in [1.29, 1.82) is 0 Å². The third-order valence-electron chi connectivity index (χ3n) is 5.08. The van der Waals surface area contributed by atoms with Gasteiger partial charge in [0.25, 0.3) is 0 Å². The number of nitrogen functional groups attached to an aromatic ring is 1. The molecule has 0 unspecified atom stereocenters. The van der Waals surface area contributed by atoms with Gasteiger partial charge in [-0.25, -0.2) is 4.98 Å². The van der Waals surface area contributed by atoms with Crippen molar-refractivity contribution in [3.63, 3.8) is 0 Å². The molecule has 142 valence electrons. The van der Waals surface area contributed by atoms with E-state index in [4.69, 9.17) is 5.73 Å². The number of aryl methyl sites for hydroxylation is 1. The molecule has 0 spiro atoms. The van der Waals surface area contributed by atoms with Crippen molar-refractivity contribution in [2.45, 2.75) is 0 Å². The molecule has 5 nitrogen and oxygen atoms in total. The number of para-hydroxylation sites is 1. The monoisotopic (exact) mass is 443 g/mol. The zero-order valence-electron chi connectivity index (χ0n) is 15.7. The molecule has 0 atom stereocenters. The zero-order valence-corrected chi connectivity index (χ0v) is 17.3. The lowest BCUT2D eigenvalue weighted by Gasteiger charge is -2.18. The maximum Gasteiger partial charge on any atom is 0.222 e. The number of rotatable bonds is 3. The van der Waals surface area contributed by atoms with E-state index < -0.39 is 0 Å². The summed E-state index contributed by atoms with van der Waals surface area (Å²) >= 11 is 3.65. The van der Waals surface area contributed by atoms with E-state index in [2.05, 4.69) is 80.3 Å². The average Bonchev–Trinajstić information content (AvgIpc) is 3.13. The molecule has 0 amide bonds. The molecule has 0 saturated carbocycles. The quantitative estimate of drug-likeness (QED) is 0.357. The summed E-state index contributed by atoms with van der Waals surface area (Å²) in [6.45, 7) is 0. The van der Waals surface area contributed by atoms with Crippen LogP contribution in [-0.2, 0) is 7.05 Å². The Morgan fingerprint density at radius 3 is 2.48 bits per heavy atom. The van der Waals surface area contributed by atoms with E-state index >= 15 is 0 Å². The average molecular weight is 444 g/mol. The van der Waals surface area contributed by atoms with Crippen LogP contribution in [0.3, 0.4) is 0 Å². The fourth-order valence-electron chi connectivity index (χ4n) is 3.60. The summed E-state index contributed by atoms with van der Waals surface area (Å²) in [5, 5.41) is 2.14. The second-order valence-electron chi connectivity index (χ2n) is 6.95. The van der Waals surface area contributed by atoms with Gasteiger partial charge in [-0.2, -0.15) is 4.98 Å². The number of aromatic nitrogens is 3. The van der Waals surface area contributed by atoms with Gasteiger partial charge < -0.3 is 10.3 Å². The lowest BCUT2D eigenvalue weighted by molar-refractivity contribution is 0.969. The third kappa shape index (κ3) is 3.11. The number of hydrogen-bond acceptors (Lipinski definition) is 4. The van der Waals surface area contributed by atoms with E-state index in [1.165, 1.54) is 10.9 Å². The highest BCUT2D eigenvalue weighted by Crippen LogP contribution is 2.35. The SMILES string of the molecule is Cn1ccc2cc(-c3ccc4nc(N)nc(N(Br)c5ccccc5)c4c3)ccc21. The normalized spacial score (nSPS) is 11.2. The summed E-state index contributed by atoms with van der Waals surface area (Å²) in [5.74, 6) is 0.952. The van der Waals surface area contributed by atoms with Crippen LogP contribution in [0.1, 0.15) is 0 Å². The van der Waals surface area contributed by atoms with E-state index in [0.29, 0.717) is 5.82 Å². The predicted molar refractivity (Wildman–Crippen MR) is 123 cm³/mol. The molecule has 2 N–H and O–H groups in total. The number of nitrogens with two attached hydrogens (primary N) is 1. The van der Waals surface area contributed by atoms with Crippen molar-refractivity contribution in [2.24, 2.45) is 7.05 Å². The van der Waals surface area contributed by atoms with Gasteiger partial charge in [0.15, 0.2) is 5.82 Å². The lowest BCUT2D eigenvalue weighted by atomic mass is 10.0. The smallest absolute Gasteiger partial charge is 0.222 e. The molecule has 6 heteroatoms. The number of benzene rings is 3. The number of fused-ring (bicyclic) bond motifs is 2. The first kappa shape index (κ1) is 17.7. The molecule has 2 heterocycles. The van der Waals surface area contributed by atoms with Crippen molar-refractivity contribution in [3.05, 3.63) is 79.0 Å². The van der Waals surface area contributed by atoms with E-state index in [1.54, 1.807) is 0 Å². The fraction of sp³-hybridized carbons (Fsp3) is 0.0435. The topological polar surface area (TPSA) is 60.0 Å². The van der Waals surface area contributed by atoms with E-state index in [1.807, 2.05) is 40.3 Å². The molecule has 5 rings (SSSR count). The maximum atomic E-state index is 5.98. The Balaban J connectivity index is 1.68. The van der Waals surface area contributed by atoms with Gasteiger partial charge in [-0.15, -0.1) is 0 Å². The van der Waals surface area contributed by atoms with Crippen LogP contribution in [0.2, 0.25) is 0 Å². The first-order valence-electron chi connectivity index (χ1n) is 9.24. The van der Waals surface area contributed by atoms with Gasteiger partial charge in [0, 0.05) is 29.5 Å². The van der Waals surface area contributed by atoms with Crippen LogP contribution in [0.25, 0.3) is 32.9 Å². The molecule has 0 aliphatic rings. The minimum absolute atomic E-state index is 0.242. The maximum absolute atomic E-state index is 5.98. The lowest BCUT2D eigenvalue weighted by Crippen LogP contribution is -2.07. The van der Waals surface area contributed by atoms with Crippen LogP contribution < -0.4 is 9.66 Å². The van der Waals surface area contributed by atoms with Gasteiger partial charge >= 0.3 is 0 Å². The molecule has 0 aliphatic heterocycles. The Labute approximate surface area is 176 Å². The number of anilines is 3. The Hall–Kier alpha value is -3.38. The van der Waals surface area contributed by atoms with E-state index in [-0.39, 0.29) is 5.95 Å². The van der Waals surface area contributed by atoms with Gasteiger partial charge in [0.05, 0.1) is 27.4 Å². The van der Waals surface area contributed by atoms with Crippen LogP contribution in [0, 0.1) is 0 Å². The fourth-order valence-corrected chi connectivity index (χ4v) is 4.11.